The summed E-state index contributed by atoms with van der Waals surface area (Å²) in [6.45, 7) is 4.88. The molecule has 4 nitrogen and oxygen atoms in total. The summed E-state index contributed by atoms with van der Waals surface area (Å²) >= 11 is 0. The van der Waals surface area contributed by atoms with E-state index in [9.17, 15) is 0 Å². The average molecular weight is 206 g/mol. The molecule has 3 N–H and O–H groups in total. The molecule has 0 spiro atoms. The average Bonchev–Trinajstić information content (AvgIpc) is 2.61. The van der Waals surface area contributed by atoms with E-state index in [0.29, 0.717) is 6.42 Å². The zero-order chi connectivity index (χ0) is 11.3. The number of terminal acetylenes is 1. The second kappa shape index (κ2) is 5.54. The van der Waals surface area contributed by atoms with E-state index in [1.165, 1.54) is 0 Å². The monoisotopic (exact) mass is 206 g/mol. The summed E-state index contributed by atoms with van der Waals surface area (Å²) in [6.07, 6.45) is 6.79. The van der Waals surface area contributed by atoms with E-state index in [1.54, 1.807) is 0 Å². The van der Waals surface area contributed by atoms with Crippen LogP contribution in [0.5, 0.6) is 0 Å². The zero-order valence-corrected chi connectivity index (χ0v) is 9.33. The second-order valence-corrected chi connectivity index (χ2v) is 3.49. The second-order valence-electron chi connectivity index (χ2n) is 3.49. The zero-order valence-electron chi connectivity index (χ0n) is 9.33. The molecule has 1 atom stereocenters. The summed E-state index contributed by atoms with van der Waals surface area (Å²) in [5, 5.41) is 4.38. The molecule has 15 heavy (non-hydrogen) atoms. The number of nitrogens with zero attached hydrogens (tertiary/aromatic N) is 2. The summed E-state index contributed by atoms with van der Waals surface area (Å²) in [5.74, 6) is 8.14. The standard InChI is InChI=1S/C11H18N4/c1-4-6-7-10(13-12)11-8-9(3)14-15(11)5-2/h1,8,10,13H,5-7,12H2,2-3H3. The van der Waals surface area contributed by atoms with Gasteiger partial charge in [0.1, 0.15) is 0 Å². The molecular weight excluding hydrogens is 188 g/mol. The maximum absolute atomic E-state index is 5.52. The summed E-state index contributed by atoms with van der Waals surface area (Å²) < 4.78 is 1.95. The van der Waals surface area contributed by atoms with Gasteiger partial charge in [0, 0.05) is 13.0 Å². The van der Waals surface area contributed by atoms with Gasteiger partial charge in [-0.3, -0.25) is 16.0 Å². The number of aromatic nitrogens is 2. The molecule has 1 rings (SSSR count). The van der Waals surface area contributed by atoms with Crippen molar-refractivity contribution in [2.24, 2.45) is 5.84 Å². The molecule has 0 saturated heterocycles. The SMILES string of the molecule is C#CCCC(NN)c1cc(C)nn1CC. The van der Waals surface area contributed by atoms with Crippen LogP contribution < -0.4 is 11.3 Å². The predicted molar refractivity (Wildman–Crippen MR) is 60.8 cm³/mol. The highest BCUT2D eigenvalue weighted by molar-refractivity contribution is 5.13. The molecule has 0 aliphatic rings. The van der Waals surface area contributed by atoms with Crippen LogP contribution in [0, 0.1) is 19.3 Å². The van der Waals surface area contributed by atoms with Crippen molar-refractivity contribution in [1.82, 2.24) is 15.2 Å². The van der Waals surface area contributed by atoms with Gasteiger partial charge in [0.05, 0.1) is 17.4 Å². The minimum atomic E-state index is 0.0854. The maximum atomic E-state index is 5.52. The van der Waals surface area contributed by atoms with Crippen LogP contribution in [-0.2, 0) is 6.54 Å². The fourth-order valence-electron chi connectivity index (χ4n) is 1.64. The Morgan fingerprint density at radius 1 is 1.73 bits per heavy atom. The summed E-state index contributed by atoms with van der Waals surface area (Å²) in [5.41, 5.74) is 4.90. The molecule has 0 aliphatic carbocycles. The smallest absolute Gasteiger partial charge is 0.0638 e. The Kier molecular flexibility index (Phi) is 4.35. The normalized spacial score (nSPS) is 12.4. The number of nitrogens with one attached hydrogen (secondary N) is 1. The largest absolute Gasteiger partial charge is 0.271 e. The summed E-state index contributed by atoms with van der Waals surface area (Å²) in [4.78, 5) is 0. The van der Waals surface area contributed by atoms with Crippen LogP contribution in [0.25, 0.3) is 0 Å². The minimum Gasteiger partial charge on any atom is -0.271 e. The van der Waals surface area contributed by atoms with E-state index in [1.807, 2.05) is 17.7 Å². The molecule has 1 aromatic heterocycles. The summed E-state index contributed by atoms with van der Waals surface area (Å²) in [7, 11) is 0. The number of nitrogens with two attached hydrogens (primary N) is 1. The van der Waals surface area contributed by atoms with E-state index in [2.05, 4.69) is 23.4 Å². The molecule has 0 aromatic carbocycles. The fourth-order valence-corrected chi connectivity index (χ4v) is 1.64. The predicted octanol–water partition coefficient (Wildman–Crippen LogP) is 1.13. The van der Waals surface area contributed by atoms with Crippen LogP contribution in [0.4, 0.5) is 0 Å². The highest BCUT2D eigenvalue weighted by Gasteiger charge is 2.14. The third-order valence-electron chi connectivity index (χ3n) is 2.37. The van der Waals surface area contributed by atoms with Gasteiger partial charge in [0.15, 0.2) is 0 Å². The first-order chi connectivity index (χ1) is 7.22. The molecule has 1 unspecified atom stereocenters. The van der Waals surface area contributed by atoms with Crippen LogP contribution in [-0.4, -0.2) is 9.78 Å². The highest BCUT2D eigenvalue weighted by Crippen LogP contribution is 2.18. The van der Waals surface area contributed by atoms with Crippen LogP contribution in [0.15, 0.2) is 6.07 Å². The molecule has 0 saturated carbocycles. The van der Waals surface area contributed by atoms with Crippen molar-refractivity contribution in [2.45, 2.75) is 39.3 Å². The van der Waals surface area contributed by atoms with Crippen molar-refractivity contribution < 1.29 is 0 Å². The van der Waals surface area contributed by atoms with Crippen molar-refractivity contribution in [1.29, 1.82) is 0 Å². The van der Waals surface area contributed by atoms with Crippen molar-refractivity contribution in [3.05, 3.63) is 17.5 Å². The van der Waals surface area contributed by atoms with Crippen LogP contribution >= 0.6 is 0 Å². The molecule has 0 bridgehead atoms. The first-order valence-corrected chi connectivity index (χ1v) is 5.16. The Morgan fingerprint density at radius 2 is 2.47 bits per heavy atom. The lowest BCUT2D eigenvalue weighted by atomic mass is 10.1. The Bertz CT molecular complexity index is 348. The highest BCUT2D eigenvalue weighted by atomic mass is 15.3. The van der Waals surface area contributed by atoms with Gasteiger partial charge in [-0.15, -0.1) is 12.3 Å². The Balaban J connectivity index is 2.85. The van der Waals surface area contributed by atoms with Crippen molar-refractivity contribution in [2.75, 3.05) is 0 Å². The molecule has 0 radical (unpaired) electrons. The molecular formula is C11H18N4. The number of hydrogen-bond acceptors (Lipinski definition) is 3. The van der Waals surface area contributed by atoms with Crippen molar-refractivity contribution in [3.8, 4) is 12.3 Å². The van der Waals surface area contributed by atoms with Gasteiger partial charge in [-0.05, 0) is 26.3 Å². The molecule has 4 heteroatoms. The lowest BCUT2D eigenvalue weighted by Crippen LogP contribution is -2.29. The van der Waals surface area contributed by atoms with E-state index in [0.717, 1.165) is 24.4 Å². The van der Waals surface area contributed by atoms with Crippen molar-refractivity contribution >= 4 is 0 Å². The molecule has 1 aromatic rings. The van der Waals surface area contributed by atoms with Crippen LogP contribution in [0.2, 0.25) is 0 Å². The Hall–Kier alpha value is -1.31. The van der Waals surface area contributed by atoms with Crippen molar-refractivity contribution in [3.63, 3.8) is 0 Å². The minimum absolute atomic E-state index is 0.0854. The number of hydrogen-bond donors (Lipinski definition) is 2. The maximum Gasteiger partial charge on any atom is 0.0638 e. The third kappa shape index (κ3) is 2.82. The first-order valence-electron chi connectivity index (χ1n) is 5.16. The van der Waals surface area contributed by atoms with Gasteiger partial charge in [0.2, 0.25) is 0 Å². The fraction of sp³-hybridized carbons (Fsp3) is 0.545. The molecule has 0 fully saturated rings. The van der Waals surface area contributed by atoms with Crippen LogP contribution in [0.3, 0.4) is 0 Å². The number of hydrazine groups is 1. The van der Waals surface area contributed by atoms with Gasteiger partial charge < -0.3 is 0 Å². The van der Waals surface area contributed by atoms with E-state index in [4.69, 9.17) is 12.3 Å². The Morgan fingerprint density at radius 3 is 3.00 bits per heavy atom. The molecule has 0 aliphatic heterocycles. The lowest BCUT2D eigenvalue weighted by Gasteiger charge is -2.15. The molecule has 82 valence electrons. The molecule has 1 heterocycles. The summed E-state index contributed by atoms with van der Waals surface area (Å²) in [6, 6.07) is 2.13. The van der Waals surface area contributed by atoms with E-state index >= 15 is 0 Å². The van der Waals surface area contributed by atoms with Gasteiger partial charge in [-0.25, -0.2) is 0 Å². The number of aryl methyl sites for hydroxylation is 2. The van der Waals surface area contributed by atoms with E-state index < -0.39 is 0 Å². The quantitative estimate of drug-likeness (QED) is 0.431. The van der Waals surface area contributed by atoms with Gasteiger partial charge in [-0.1, -0.05) is 0 Å². The first kappa shape index (κ1) is 11.8. The third-order valence-corrected chi connectivity index (χ3v) is 2.37. The van der Waals surface area contributed by atoms with E-state index in [-0.39, 0.29) is 6.04 Å². The van der Waals surface area contributed by atoms with Gasteiger partial charge in [0.25, 0.3) is 0 Å². The lowest BCUT2D eigenvalue weighted by molar-refractivity contribution is 0.471. The van der Waals surface area contributed by atoms with Gasteiger partial charge in [-0.2, -0.15) is 5.10 Å². The Labute approximate surface area is 90.8 Å². The van der Waals surface area contributed by atoms with Crippen LogP contribution in [0.1, 0.15) is 37.2 Å². The van der Waals surface area contributed by atoms with Gasteiger partial charge >= 0.3 is 0 Å². The topological polar surface area (TPSA) is 55.9 Å². The molecule has 0 amide bonds. The number of rotatable bonds is 5.